The van der Waals surface area contributed by atoms with Gasteiger partial charge in [0.15, 0.2) is 5.65 Å². The van der Waals surface area contributed by atoms with E-state index in [1.54, 1.807) is 23.1 Å². The van der Waals surface area contributed by atoms with Crippen molar-refractivity contribution in [1.82, 2.24) is 24.6 Å². The van der Waals surface area contributed by atoms with E-state index in [1.807, 2.05) is 0 Å². The highest BCUT2D eigenvalue weighted by molar-refractivity contribution is 5.94. The zero-order chi connectivity index (χ0) is 17.2. The molecule has 3 aromatic rings. The molecule has 0 saturated heterocycles. The number of hydrogen-bond acceptors (Lipinski definition) is 5. The minimum Gasteiger partial charge on any atom is -0.477 e. The molecule has 3 aromatic heterocycles. The highest BCUT2D eigenvalue weighted by Gasteiger charge is 2.25. The van der Waals surface area contributed by atoms with Crippen molar-refractivity contribution in [3.63, 3.8) is 0 Å². The van der Waals surface area contributed by atoms with E-state index in [9.17, 15) is 9.90 Å². The predicted octanol–water partition coefficient (Wildman–Crippen LogP) is 3.32. The fourth-order valence-corrected chi connectivity index (χ4v) is 3.71. The Bertz CT molecular complexity index is 898. The van der Waals surface area contributed by atoms with Gasteiger partial charge < -0.3 is 5.11 Å². The Morgan fingerprint density at radius 3 is 2.44 bits per heavy atom. The lowest BCUT2D eigenvalue weighted by atomic mass is 9.91. The summed E-state index contributed by atoms with van der Waals surface area (Å²) in [5.41, 5.74) is 3.36. The number of fused-ring (bicyclic) bond motifs is 1. The summed E-state index contributed by atoms with van der Waals surface area (Å²) in [6, 6.07) is 0. The number of nitrogens with zero attached hydrogens (tertiary/aromatic N) is 5. The molecule has 0 spiro atoms. The fourth-order valence-electron chi connectivity index (χ4n) is 3.71. The van der Waals surface area contributed by atoms with E-state index in [-0.39, 0.29) is 5.56 Å². The second kappa shape index (κ2) is 6.58. The molecule has 0 unspecified atom stereocenters. The molecule has 3 heterocycles. The van der Waals surface area contributed by atoms with Crippen LogP contribution >= 0.6 is 0 Å². The third-order valence-electron chi connectivity index (χ3n) is 4.91. The number of hydrogen-bond donors (Lipinski definition) is 1. The van der Waals surface area contributed by atoms with Crippen molar-refractivity contribution < 1.29 is 9.90 Å². The normalized spacial score (nSPS) is 16.0. The monoisotopic (exact) mass is 337 g/mol. The Morgan fingerprint density at radius 2 is 1.76 bits per heavy atom. The van der Waals surface area contributed by atoms with Crippen LogP contribution in [0.25, 0.3) is 16.8 Å². The lowest BCUT2D eigenvalue weighted by molar-refractivity contribution is 0.0698. The van der Waals surface area contributed by atoms with Crippen LogP contribution in [-0.4, -0.2) is 35.6 Å². The molecule has 7 heteroatoms. The molecule has 0 radical (unpaired) electrons. The standard InChI is InChI=1S/C18H19N5O2/c24-18(25)15-10-22-23-16(12-5-3-1-2-4-6-12)14(9-21-17(15)23)13-7-19-11-20-8-13/h7-12H,1-6H2,(H,24,25). The Morgan fingerprint density at radius 1 is 1.04 bits per heavy atom. The molecule has 0 amide bonds. The molecule has 128 valence electrons. The van der Waals surface area contributed by atoms with Crippen LogP contribution in [-0.2, 0) is 0 Å². The van der Waals surface area contributed by atoms with Crippen molar-refractivity contribution in [3.05, 3.63) is 42.4 Å². The topological polar surface area (TPSA) is 93.3 Å². The molecule has 0 bridgehead atoms. The van der Waals surface area contributed by atoms with Crippen molar-refractivity contribution in [2.24, 2.45) is 0 Å². The van der Waals surface area contributed by atoms with Crippen LogP contribution in [0.2, 0.25) is 0 Å². The molecule has 0 aliphatic heterocycles. The summed E-state index contributed by atoms with van der Waals surface area (Å²) < 4.78 is 1.71. The highest BCUT2D eigenvalue weighted by atomic mass is 16.4. The molecular weight excluding hydrogens is 318 g/mol. The minimum atomic E-state index is -1.01. The van der Waals surface area contributed by atoms with Gasteiger partial charge in [-0.1, -0.05) is 25.7 Å². The highest BCUT2D eigenvalue weighted by Crippen LogP contribution is 2.37. The first-order valence-corrected chi connectivity index (χ1v) is 8.61. The quantitative estimate of drug-likeness (QED) is 0.737. The SMILES string of the molecule is O=C(O)c1cnn2c(C3CCCCCC3)c(-c3cncnc3)cnc12. The van der Waals surface area contributed by atoms with Gasteiger partial charge in [-0.2, -0.15) is 5.10 Å². The van der Waals surface area contributed by atoms with E-state index < -0.39 is 5.97 Å². The summed E-state index contributed by atoms with van der Waals surface area (Å²) in [4.78, 5) is 24.1. The van der Waals surface area contributed by atoms with E-state index >= 15 is 0 Å². The molecule has 1 aliphatic carbocycles. The lowest BCUT2D eigenvalue weighted by Gasteiger charge is -2.19. The van der Waals surface area contributed by atoms with Gasteiger partial charge in [-0.15, -0.1) is 0 Å². The number of rotatable bonds is 3. The van der Waals surface area contributed by atoms with E-state index in [0.29, 0.717) is 11.6 Å². The van der Waals surface area contributed by atoms with Crippen LogP contribution < -0.4 is 0 Å². The molecule has 0 atom stereocenters. The Kier molecular flexibility index (Phi) is 4.13. The van der Waals surface area contributed by atoms with E-state index in [2.05, 4.69) is 20.1 Å². The molecule has 1 N–H and O–H groups in total. The molecule has 1 saturated carbocycles. The second-order valence-corrected chi connectivity index (χ2v) is 6.47. The predicted molar refractivity (Wildman–Crippen MR) is 91.4 cm³/mol. The van der Waals surface area contributed by atoms with Gasteiger partial charge in [0, 0.05) is 35.6 Å². The van der Waals surface area contributed by atoms with Crippen LogP contribution in [0.3, 0.4) is 0 Å². The summed E-state index contributed by atoms with van der Waals surface area (Å²) in [5.74, 6) is -0.685. The molecular formula is C18H19N5O2. The van der Waals surface area contributed by atoms with Gasteiger partial charge in [-0.25, -0.2) is 24.3 Å². The van der Waals surface area contributed by atoms with Gasteiger partial charge in [-0.3, -0.25) is 0 Å². The van der Waals surface area contributed by atoms with Crippen LogP contribution in [0, 0.1) is 0 Å². The summed E-state index contributed by atoms with van der Waals surface area (Å²) in [6.07, 6.45) is 15.1. The molecule has 25 heavy (non-hydrogen) atoms. The molecule has 1 fully saturated rings. The average Bonchev–Trinajstić information content (AvgIpc) is 2.89. The summed E-state index contributed by atoms with van der Waals surface area (Å²) >= 11 is 0. The number of carboxylic acid groups (broad SMARTS) is 1. The van der Waals surface area contributed by atoms with Gasteiger partial charge in [-0.05, 0) is 12.8 Å². The summed E-state index contributed by atoms with van der Waals surface area (Å²) in [6.45, 7) is 0. The van der Waals surface area contributed by atoms with Crippen molar-refractivity contribution in [3.8, 4) is 11.1 Å². The molecule has 1 aliphatic rings. The largest absolute Gasteiger partial charge is 0.477 e. The minimum absolute atomic E-state index is 0.130. The zero-order valence-corrected chi connectivity index (χ0v) is 13.8. The first kappa shape index (κ1) is 15.7. The summed E-state index contributed by atoms with van der Waals surface area (Å²) in [5, 5.41) is 13.8. The van der Waals surface area contributed by atoms with Gasteiger partial charge in [0.05, 0.1) is 11.9 Å². The van der Waals surface area contributed by atoms with E-state index in [1.165, 1.54) is 38.2 Å². The van der Waals surface area contributed by atoms with Gasteiger partial charge in [0.1, 0.15) is 11.9 Å². The number of aromatic carboxylic acids is 1. The Hall–Kier alpha value is -2.83. The Balaban J connectivity index is 1.95. The number of aromatic nitrogens is 5. The second-order valence-electron chi connectivity index (χ2n) is 6.47. The molecule has 4 rings (SSSR count). The van der Waals surface area contributed by atoms with Crippen LogP contribution in [0.4, 0.5) is 0 Å². The van der Waals surface area contributed by atoms with Gasteiger partial charge in [0.2, 0.25) is 0 Å². The third kappa shape index (κ3) is 2.86. The first-order valence-electron chi connectivity index (χ1n) is 8.61. The first-order chi connectivity index (χ1) is 12.3. The van der Waals surface area contributed by atoms with Crippen molar-refractivity contribution in [2.75, 3.05) is 0 Å². The maximum atomic E-state index is 11.5. The van der Waals surface area contributed by atoms with Crippen LogP contribution in [0.1, 0.15) is 60.5 Å². The lowest BCUT2D eigenvalue weighted by Crippen LogP contribution is -2.10. The molecule has 7 nitrogen and oxygen atoms in total. The maximum absolute atomic E-state index is 11.5. The van der Waals surface area contributed by atoms with Crippen molar-refractivity contribution in [1.29, 1.82) is 0 Å². The van der Waals surface area contributed by atoms with Crippen molar-refractivity contribution >= 4 is 11.6 Å². The van der Waals surface area contributed by atoms with Gasteiger partial charge >= 0.3 is 5.97 Å². The third-order valence-corrected chi connectivity index (χ3v) is 4.91. The van der Waals surface area contributed by atoms with Gasteiger partial charge in [0.25, 0.3) is 0 Å². The van der Waals surface area contributed by atoms with Crippen LogP contribution in [0.5, 0.6) is 0 Å². The van der Waals surface area contributed by atoms with Crippen molar-refractivity contribution in [2.45, 2.75) is 44.4 Å². The number of carboxylic acids is 1. The smallest absolute Gasteiger partial charge is 0.341 e. The number of carbonyl (C=O) groups is 1. The summed E-state index contributed by atoms with van der Waals surface area (Å²) in [7, 11) is 0. The molecule has 0 aromatic carbocycles. The zero-order valence-electron chi connectivity index (χ0n) is 13.8. The average molecular weight is 337 g/mol. The fraction of sp³-hybridized carbons (Fsp3) is 0.389. The van der Waals surface area contributed by atoms with E-state index in [0.717, 1.165) is 29.7 Å². The van der Waals surface area contributed by atoms with E-state index in [4.69, 9.17) is 0 Å². The maximum Gasteiger partial charge on any atom is 0.341 e. The Labute approximate surface area is 144 Å². The van der Waals surface area contributed by atoms with Crippen LogP contribution in [0.15, 0.2) is 31.1 Å².